The summed E-state index contributed by atoms with van der Waals surface area (Å²) in [4.78, 5) is 26.5. The number of urea groups is 1. The van der Waals surface area contributed by atoms with Crippen LogP contribution < -0.4 is 5.32 Å². The molecule has 1 N–H and O–H groups in total. The lowest BCUT2D eigenvalue weighted by Crippen LogP contribution is -2.41. The zero-order valence-electron chi connectivity index (χ0n) is 14.8. The van der Waals surface area contributed by atoms with E-state index in [1.54, 1.807) is 6.92 Å². The number of rotatable bonds is 6. The van der Waals surface area contributed by atoms with Gasteiger partial charge >= 0.3 is 6.03 Å². The Morgan fingerprint density at radius 1 is 1.28 bits per heavy atom. The van der Waals surface area contributed by atoms with Crippen LogP contribution in [0.4, 0.5) is 4.79 Å². The van der Waals surface area contributed by atoms with E-state index in [0.717, 1.165) is 29.0 Å². The molecule has 3 amide bonds. The maximum absolute atomic E-state index is 12.9. The average Bonchev–Trinajstić information content (AvgIpc) is 3.13. The van der Waals surface area contributed by atoms with Crippen molar-refractivity contribution >= 4 is 11.9 Å². The quantitative estimate of drug-likeness (QED) is 0.820. The van der Waals surface area contributed by atoms with Crippen LogP contribution in [0.2, 0.25) is 0 Å². The van der Waals surface area contributed by atoms with Crippen molar-refractivity contribution in [3.63, 3.8) is 0 Å². The second-order valence-electron chi connectivity index (χ2n) is 6.57. The molecule has 1 fully saturated rings. The minimum absolute atomic E-state index is 0.210. The molecule has 1 saturated heterocycles. The first kappa shape index (κ1) is 17.2. The summed E-state index contributed by atoms with van der Waals surface area (Å²) in [6.07, 6.45) is 2.11. The number of benzene rings is 1. The molecule has 0 radical (unpaired) electrons. The number of hydrogen-bond acceptors (Lipinski definition) is 4. The first-order valence-corrected chi connectivity index (χ1v) is 8.60. The van der Waals surface area contributed by atoms with Crippen LogP contribution in [-0.2, 0) is 23.2 Å². The second kappa shape index (κ2) is 6.70. The first-order chi connectivity index (χ1) is 12.0. The Hall–Kier alpha value is -2.63. The fourth-order valence-corrected chi connectivity index (χ4v) is 3.27. The van der Waals surface area contributed by atoms with Crippen LogP contribution in [0.3, 0.4) is 0 Å². The number of aromatic nitrogens is 1. The van der Waals surface area contributed by atoms with E-state index in [0.29, 0.717) is 19.4 Å². The van der Waals surface area contributed by atoms with E-state index in [1.807, 2.05) is 44.2 Å². The van der Waals surface area contributed by atoms with E-state index >= 15 is 0 Å². The van der Waals surface area contributed by atoms with E-state index in [1.165, 1.54) is 4.90 Å². The SMILES string of the molecule is CCc1cc(CCCN2C(=O)N[C@](C)(c3ccccc3C)C2=O)on1. The highest BCUT2D eigenvalue weighted by Crippen LogP contribution is 2.31. The Labute approximate surface area is 147 Å². The van der Waals surface area contributed by atoms with Crippen molar-refractivity contribution < 1.29 is 14.1 Å². The van der Waals surface area contributed by atoms with Gasteiger partial charge in [0.1, 0.15) is 11.3 Å². The zero-order chi connectivity index (χ0) is 18.0. The van der Waals surface area contributed by atoms with Gasteiger partial charge < -0.3 is 9.84 Å². The number of carbonyl (C=O) groups is 2. The summed E-state index contributed by atoms with van der Waals surface area (Å²) in [5.74, 6) is 0.573. The van der Waals surface area contributed by atoms with Gasteiger partial charge in [-0.15, -0.1) is 0 Å². The lowest BCUT2D eigenvalue weighted by atomic mass is 9.88. The molecule has 2 heterocycles. The number of nitrogens with zero attached hydrogens (tertiary/aromatic N) is 2. The van der Waals surface area contributed by atoms with Crippen molar-refractivity contribution in [2.24, 2.45) is 0 Å². The van der Waals surface area contributed by atoms with Crippen LogP contribution in [0.25, 0.3) is 0 Å². The molecule has 0 bridgehead atoms. The molecule has 25 heavy (non-hydrogen) atoms. The van der Waals surface area contributed by atoms with Gasteiger partial charge in [0.05, 0.1) is 5.69 Å². The Balaban J connectivity index is 1.68. The van der Waals surface area contributed by atoms with E-state index in [-0.39, 0.29) is 11.9 Å². The van der Waals surface area contributed by atoms with Crippen LogP contribution in [-0.4, -0.2) is 28.5 Å². The Morgan fingerprint density at radius 3 is 2.72 bits per heavy atom. The number of amides is 3. The Bertz CT molecular complexity index is 799. The van der Waals surface area contributed by atoms with Gasteiger partial charge in [0, 0.05) is 19.0 Å². The summed E-state index contributed by atoms with van der Waals surface area (Å²) < 4.78 is 5.25. The summed E-state index contributed by atoms with van der Waals surface area (Å²) in [6, 6.07) is 9.20. The van der Waals surface area contributed by atoms with Crippen molar-refractivity contribution in [2.75, 3.05) is 6.54 Å². The molecule has 1 aromatic carbocycles. The van der Waals surface area contributed by atoms with Crippen molar-refractivity contribution in [3.8, 4) is 0 Å². The fraction of sp³-hybridized carbons (Fsp3) is 0.421. The summed E-state index contributed by atoms with van der Waals surface area (Å²) in [5.41, 5.74) is 1.72. The molecule has 132 valence electrons. The van der Waals surface area contributed by atoms with Crippen molar-refractivity contribution in [1.29, 1.82) is 0 Å². The van der Waals surface area contributed by atoms with Crippen molar-refractivity contribution in [2.45, 2.75) is 45.6 Å². The maximum atomic E-state index is 12.9. The predicted molar refractivity (Wildman–Crippen MR) is 93.0 cm³/mol. The number of imide groups is 1. The third-order valence-electron chi connectivity index (χ3n) is 4.73. The highest BCUT2D eigenvalue weighted by molar-refractivity contribution is 6.07. The number of carbonyl (C=O) groups excluding carboxylic acids is 2. The average molecular weight is 341 g/mol. The van der Waals surface area contributed by atoms with Gasteiger partial charge in [-0.25, -0.2) is 4.79 Å². The van der Waals surface area contributed by atoms with Crippen LogP contribution in [0.15, 0.2) is 34.9 Å². The number of hydrogen-bond donors (Lipinski definition) is 1. The highest BCUT2D eigenvalue weighted by Gasteiger charge is 2.49. The van der Waals surface area contributed by atoms with E-state index in [4.69, 9.17) is 4.52 Å². The van der Waals surface area contributed by atoms with E-state index in [9.17, 15) is 9.59 Å². The molecule has 6 nitrogen and oxygen atoms in total. The minimum atomic E-state index is -1.01. The molecular formula is C19H23N3O3. The van der Waals surface area contributed by atoms with Gasteiger partial charge in [0.2, 0.25) is 0 Å². The number of aryl methyl sites for hydroxylation is 3. The summed E-state index contributed by atoms with van der Waals surface area (Å²) in [6.45, 7) is 6.08. The molecule has 0 spiro atoms. The van der Waals surface area contributed by atoms with Crippen LogP contribution in [0, 0.1) is 6.92 Å². The van der Waals surface area contributed by atoms with E-state index < -0.39 is 5.54 Å². The standard InChI is InChI=1S/C19H23N3O3/c1-4-14-12-15(25-21-14)9-7-11-22-17(23)19(3,20-18(22)24)16-10-6-5-8-13(16)2/h5-6,8,10,12H,4,7,9,11H2,1-3H3,(H,20,24)/t19-/m1/s1. The summed E-state index contributed by atoms with van der Waals surface area (Å²) >= 11 is 0. The van der Waals surface area contributed by atoms with E-state index in [2.05, 4.69) is 10.5 Å². The monoisotopic (exact) mass is 341 g/mol. The molecule has 1 aliphatic rings. The van der Waals surface area contributed by atoms with Gasteiger partial charge in [0.25, 0.3) is 5.91 Å². The smallest absolute Gasteiger partial charge is 0.325 e. The third kappa shape index (κ3) is 3.16. The molecular weight excluding hydrogens is 318 g/mol. The predicted octanol–water partition coefficient (Wildman–Crippen LogP) is 2.95. The third-order valence-corrected chi connectivity index (χ3v) is 4.73. The van der Waals surface area contributed by atoms with Crippen molar-refractivity contribution in [1.82, 2.24) is 15.4 Å². The zero-order valence-corrected chi connectivity index (χ0v) is 14.8. The highest BCUT2D eigenvalue weighted by atomic mass is 16.5. The van der Waals surface area contributed by atoms with Gasteiger partial charge in [-0.3, -0.25) is 9.69 Å². The summed E-state index contributed by atoms with van der Waals surface area (Å²) in [5, 5.41) is 6.80. The van der Waals surface area contributed by atoms with Crippen LogP contribution in [0.5, 0.6) is 0 Å². The molecule has 3 rings (SSSR count). The lowest BCUT2D eigenvalue weighted by Gasteiger charge is -2.24. The Kier molecular flexibility index (Phi) is 4.61. The molecule has 2 aromatic rings. The van der Waals surface area contributed by atoms with Crippen molar-refractivity contribution in [3.05, 3.63) is 52.9 Å². The second-order valence-corrected chi connectivity index (χ2v) is 6.57. The van der Waals surface area contributed by atoms with Gasteiger partial charge in [-0.2, -0.15) is 0 Å². The van der Waals surface area contributed by atoms with Crippen LogP contribution in [0.1, 0.15) is 42.8 Å². The molecule has 0 saturated carbocycles. The number of nitrogens with one attached hydrogen (secondary N) is 1. The lowest BCUT2D eigenvalue weighted by molar-refractivity contribution is -0.131. The van der Waals surface area contributed by atoms with Gasteiger partial charge in [-0.05, 0) is 37.8 Å². The largest absolute Gasteiger partial charge is 0.361 e. The minimum Gasteiger partial charge on any atom is -0.361 e. The molecule has 0 aliphatic carbocycles. The maximum Gasteiger partial charge on any atom is 0.325 e. The molecule has 6 heteroatoms. The van der Waals surface area contributed by atoms with Gasteiger partial charge in [0.15, 0.2) is 0 Å². The summed E-state index contributed by atoms with van der Waals surface area (Å²) in [7, 11) is 0. The Morgan fingerprint density at radius 2 is 2.04 bits per heavy atom. The normalized spacial score (nSPS) is 20.2. The van der Waals surface area contributed by atoms with Crippen LogP contribution >= 0.6 is 0 Å². The molecule has 0 unspecified atom stereocenters. The molecule has 1 aliphatic heterocycles. The molecule has 1 atom stereocenters. The first-order valence-electron chi connectivity index (χ1n) is 8.60. The fourth-order valence-electron chi connectivity index (χ4n) is 3.27. The molecule has 1 aromatic heterocycles. The topological polar surface area (TPSA) is 75.4 Å². The van der Waals surface area contributed by atoms with Gasteiger partial charge in [-0.1, -0.05) is 36.3 Å².